The van der Waals surface area contributed by atoms with Gasteiger partial charge in [-0.25, -0.2) is 0 Å². The molecule has 0 saturated carbocycles. The van der Waals surface area contributed by atoms with Crippen LogP contribution in [0.2, 0.25) is 0 Å². The van der Waals surface area contributed by atoms with Crippen molar-refractivity contribution >= 4 is 45.9 Å². The molecule has 164 valence electrons. The highest BCUT2D eigenvalue weighted by molar-refractivity contribution is 7.12. The Morgan fingerprint density at radius 3 is 2.31 bits per heavy atom. The van der Waals surface area contributed by atoms with Gasteiger partial charge in [0.05, 0.1) is 22.6 Å². The van der Waals surface area contributed by atoms with E-state index in [-0.39, 0.29) is 11.8 Å². The van der Waals surface area contributed by atoms with Crippen molar-refractivity contribution in [1.29, 1.82) is 0 Å². The Bertz CT molecular complexity index is 1170. The minimum Gasteiger partial charge on any atom is -0.467 e. The van der Waals surface area contributed by atoms with Gasteiger partial charge in [0, 0.05) is 32.0 Å². The molecule has 1 aromatic carbocycles. The molecule has 0 aliphatic heterocycles. The Balaban J connectivity index is 1.63. The summed E-state index contributed by atoms with van der Waals surface area (Å²) in [7, 11) is 3.92. The topological polar surface area (TPSA) is 65.8 Å². The molecule has 3 heterocycles. The Hall–Kier alpha value is -3.36. The maximum Gasteiger partial charge on any atom is 0.265 e. The van der Waals surface area contributed by atoms with E-state index in [0.717, 1.165) is 11.3 Å². The van der Waals surface area contributed by atoms with Gasteiger partial charge in [-0.05, 0) is 58.8 Å². The monoisotopic (exact) mass is 465 g/mol. The number of hydrogen-bond acceptors (Lipinski definition) is 6. The summed E-state index contributed by atoms with van der Waals surface area (Å²) >= 11 is 2.81. The number of carbonyl (C=O) groups is 2. The Morgan fingerprint density at radius 1 is 0.938 bits per heavy atom. The number of anilines is 2. The molecule has 6 nitrogen and oxygen atoms in total. The van der Waals surface area contributed by atoms with Crippen LogP contribution in [0, 0.1) is 0 Å². The van der Waals surface area contributed by atoms with Crippen molar-refractivity contribution in [3.8, 4) is 0 Å². The molecule has 8 heteroatoms. The largest absolute Gasteiger partial charge is 0.467 e. The highest BCUT2D eigenvalue weighted by atomic mass is 32.1. The van der Waals surface area contributed by atoms with Crippen molar-refractivity contribution in [2.75, 3.05) is 24.3 Å². The first-order chi connectivity index (χ1) is 15.5. The first kappa shape index (κ1) is 21.9. The third-order valence-electron chi connectivity index (χ3n) is 4.87. The molecule has 0 aliphatic rings. The summed E-state index contributed by atoms with van der Waals surface area (Å²) in [6, 6.07) is 16.8. The molecule has 4 aromatic rings. The van der Waals surface area contributed by atoms with Crippen LogP contribution in [0.1, 0.15) is 30.7 Å². The maximum absolute atomic E-state index is 13.2. The molecule has 2 amide bonds. The van der Waals surface area contributed by atoms with E-state index in [9.17, 15) is 9.59 Å². The van der Waals surface area contributed by atoms with Crippen LogP contribution in [0.5, 0.6) is 0 Å². The van der Waals surface area contributed by atoms with Gasteiger partial charge < -0.3 is 19.5 Å². The fourth-order valence-electron chi connectivity index (χ4n) is 3.38. The molecule has 0 unspecified atom stereocenters. The Morgan fingerprint density at radius 2 is 1.69 bits per heavy atom. The summed E-state index contributed by atoms with van der Waals surface area (Å²) in [5.41, 5.74) is 2.59. The quantitative estimate of drug-likeness (QED) is 0.370. The Labute approximate surface area is 194 Å². The van der Waals surface area contributed by atoms with Gasteiger partial charge in [0.2, 0.25) is 0 Å². The zero-order chi connectivity index (χ0) is 22.5. The molecule has 0 fully saturated rings. The average Bonchev–Trinajstić information content (AvgIpc) is 3.56. The van der Waals surface area contributed by atoms with Crippen molar-refractivity contribution in [2.45, 2.75) is 13.1 Å². The van der Waals surface area contributed by atoms with Gasteiger partial charge in [0.15, 0.2) is 0 Å². The van der Waals surface area contributed by atoms with E-state index in [1.807, 2.05) is 78.3 Å². The standard InChI is InChI=1S/C24H23N3O3S2/c1-26(2)20-10-9-18(25-23(28)21-7-4-12-31-21)14-17(20)15-27(16-19-6-3-11-30-19)24(29)22-8-5-13-32-22/h3-14H,15-16H2,1-2H3,(H,25,28). The molecular weight excluding hydrogens is 442 g/mol. The minimum atomic E-state index is -0.148. The number of hydrogen-bond donors (Lipinski definition) is 1. The molecule has 0 saturated heterocycles. The van der Waals surface area contributed by atoms with Crippen molar-refractivity contribution in [3.05, 3.63) is 92.7 Å². The SMILES string of the molecule is CN(C)c1ccc(NC(=O)c2cccs2)cc1CN(Cc1ccco1)C(=O)c1cccs1. The summed E-state index contributed by atoms with van der Waals surface area (Å²) in [4.78, 5) is 30.8. The number of benzene rings is 1. The van der Waals surface area contributed by atoms with E-state index in [4.69, 9.17) is 4.42 Å². The van der Waals surface area contributed by atoms with Crippen LogP contribution < -0.4 is 10.2 Å². The molecule has 0 radical (unpaired) electrons. The normalized spacial score (nSPS) is 10.7. The lowest BCUT2D eigenvalue weighted by Gasteiger charge is -2.25. The molecule has 4 rings (SSSR count). The zero-order valence-electron chi connectivity index (χ0n) is 17.8. The van der Waals surface area contributed by atoms with Gasteiger partial charge in [-0.15, -0.1) is 22.7 Å². The van der Waals surface area contributed by atoms with Crippen LogP contribution >= 0.6 is 22.7 Å². The van der Waals surface area contributed by atoms with E-state index < -0.39 is 0 Å². The van der Waals surface area contributed by atoms with Crippen molar-refractivity contribution in [2.24, 2.45) is 0 Å². The van der Waals surface area contributed by atoms with E-state index in [1.54, 1.807) is 17.2 Å². The third-order valence-corrected chi connectivity index (χ3v) is 6.60. The van der Waals surface area contributed by atoms with Crippen molar-refractivity contribution < 1.29 is 14.0 Å². The van der Waals surface area contributed by atoms with Gasteiger partial charge in [0.1, 0.15) is 5.76 Å². The summed E-state index contributed by atoms with van der Waals surface area (Å²) in [6.45, 7) is 0.718. The number of thiophene rings is 2. The molecule has 3 aromatic heterocycles. The molecule has 32 heavy (non-hydrogen) atoms. The average molecular weight is 466 g/mol. The van der Waals surface area contributed by atoms with Crippen LogP contribution in [0.15, 0.2) is 76.0 Å². The smallest absolute Gasteiger partial charge is 0.265 e. The third kappa shape index (κ3) is 5.09. The molecule has 0 atom stereocenters. The fraction of sp³-hybridized carbons (Fsp3) is 0.167. The van der Waals surface area contributed by atoms with Crippen LogP contribution in [0.3, 0.4) is 0 Å². The zero-order valence-corrected chi connectivity index (χ0v) is 19.4. The van der Waals surface area contributed by atoms with Gasteiger partial charge in [-0.1, -0.05) is 12.1 Å². The fourth-order valence-corrected chi connectivity index (χ4v) is 4.69. The van der Waals surface area contributed by atoms with E-state index in [0.29, 0.717) is 34.3 Å². The second kappa shape index (κ2) is 9.84. The highest BCUT2D eigenvalue weighted by Gasteiger charge is 2.21. The van der Waals surface area contributed by atoms with Crippen molar-refractivity contribution in [3.63, 3.8) is 0 Å². The van der Waals surface area contributed by atoms with Crippen LogP contribution in [-0.2, 0) is 13.1 Å². The van der Waals surface area contributed by atoms with Gasteiger partial charge in [0.25, 0.3) is 11.8 Å². The summed E-state index contributed by atoms with van der Waals surface area (Å²) in [5.74, 6) is 0.503. The van der Waals surface area contributed by atoms with E-state index in [2.05, 4.69) is 5.32 Å². The van der Waals surface area contributed by atoms with Gasteiger partial charge in [-0.3, -0.25) is 9.59 Å². The predicted octanol–water partition coefficient (Wildman–Crippen LogP) is 5.56. The van der Waals surface area contributed by atoms with Crippen LogP contribution in [-0.4, -0.2) is 30.8 Å². The van der Waals surface area contributed by atoms with Gasteiger partial charge in [-0.2, -0.15) is 0 Å². The summed E-state index contributed by atoms with van der Waals surface area (Å²) in [6.07, 6.45) is 1.61. The number of rotatable bonds is 8. The van der Waals surface area contributed by atoms with Crippen LogP contribution in [0.25, 0.3) is 0 Å². The molecule has 0 spiro atoms. The van der Waals surface area contributed by atoms with Gasteiger partial charge >= 0.3 is 0 Å². The lowest BCUT2D eigenvalue weighted by atomic mass is 10.1. The second-order valence-electron chi connectivity index (χ2n) is 7.39. The molecule has 0 aliphatic carbocycles. The Kier molecular flexibility index (Phi) is 6.72. The second-order valence-corrected chi connectivity index (χ2v) is 9.28. The molecule has 0 bridgehead atoms. The van der Waals surface area contributed by atoms with Crippen LogP contribution in [0.4, 0.5) is 11.4 Å². The summed E-state index contributed by atoms with van der Waals surface area (Å²) < 4.78 is 5.51. The first-order valence-corrected chi connectivity index (χ1v) is 11.8. The number of carbonyl (C=O) groups excluding carboxylic acids is 2. The van der Waals surface area contributed by atoms with Crippen molar-refractivity contribution in [1.82, 2.24) is 4.90 Å². The molecule has 1 N–H and O–H groups in total. The number of nitrogens with zero attached hydrogens (tertiary/aromatic N) is 2. The minimum absolute atomic E-state index is 0.0610. The lowest BCUT2D eigenvalue weighted by molar-refractivity contribution is 0.0722. The molecular formula is C24H23N3O3S2. The lowest BCUT2D eigenvalue weighted by Crippen LogP contribution is -2.30. The number of furan rings is 1. The highest BCUT2D eigenvalue weighted by Crippen LogP contribution is 2.27. The predicted molar refractivity (Wildman–Crippen MR) is 130 cm³/mol. The first-order valence-electron chi connectivity index (χ1n) is 10.0. The maximum atomic E-state index is 13.2. The summed E-state index contributed by atoms with van der Waals surface area (Å²) in [5, 5.41) is 6.73. The number of amides is 2. The van der Waals surface area contributed by atoms with E-state index >= 15 is 0 Å². The van der Waals surface area contributed by atoms with E-state index in [1.165, 1.54) is 22.7 Å². The number of nitrogens with one attached hydrogen (secondary N) is 1.